The molecule has 4 aromatic heterocycles. The molecule has 0 saturated carbocycles. The van der Waals surface area contributed by atoms with Crippen LogP contribution in [0.1, 0.15) is 24.0 Å². The van der Waals surface area contributed by atoms with Crippen LogP contribution < -0.4 is 5.32 Å². The third-order valence-electron chi connectivity index (χ3n) is 6.90. The maximum atomic E-state index is 13.2. The van der Waals surface area contributed by atoms with Gasteiger partial charge >= 0.3 is 6.03 Å². The van der Waals surface area contributed by atoms with Crippen molar-refractivity contribution >= 4 is 75.2 Å². The number of urea groups is 1. The molecule has 3 amide bonds. The van der Waals surface area contributed by atoms with Gasteiger partial charge in [0.05, 0.1) is 22.1 Å². The lowest BCUT2D eigenvalue weighted by Gasteiger charge is -2.20. The van der Waals surface area contributed by atoms with Crippen LogP contribution in [0.3, 0.4) is 0 Å². The first kappa shape index (κ1) is 28.3. The Hall–Kier alpha value is -4.43. The molecule has 0 spiro atoms. The number of carbonyl (C=O) groups is 2. The number of hydrogen-bond donors (Lipinski definition) is 4. The monoisotopic (exact) mass is 646 g/mol. The van der Waals surface area contributed by atoms with E-state index in [9.17, 15) is 14.7 Å². The molecule has 1 aliphatic heterocycles. The molecule has 1 atom stereocenters. The molecule has 7 rings (SSSR count). The summed E-state index contributed by atoms with van der Waals surface area (Å²) in [6.07, 6.45) is 1.97. The number of benzene rings is 2. The molecule has 1 aliphatic rings. The van der Waals surface area contributed by atoms with Crippen LogP contribution in [0.15, 0.2) is 95.7 Å². The summed E-state index contributed by atoms with van der Waals surface area (Å²) >= 11 is 8.68. The predicted octanol–water partition coefficient (Wildman–Crippen LogP) is 6.60. The SMILES string of the molecule is CC(Cc1ccc2nc(Sc3ccc(CO)o3)[nH]c2c1)N1C(=O)N/C(=C\c2ccc(Sc3nc4ccc(Cl)cc4[nH]3)o2)C1=O. The van der Waals surface area contributed by atoms with Gasteiger partial charge in [0.15, 0.2) is 20.5 Å². The Morgan fingerprint density at radius 2 is 1.61 bits per heavy atom. The summed E-state index contributed by atoms with van der Waals surface area (Å²) < 4.78 is 11.4. The Bertz CT molecular complexity index is 2080. The number of furan rings is 2. The van der Waals surface area contributed by atoms with E-state index in [2.05, 4.69) is 25.3 Å². The van der Waals surface area contributed by atoms with Gasteiger partial charge in [-0.05, 0) is 97.0 Å². The number of aromatic nitrogens is 4. The van der Waals surface area contributed by atoms with Gasteiger partial charge in [-0.25, -0.2) is 14.8 Å². The standard InChI is InChI=1S/C30H23ClN6O5S2/c1-15(10-16-2-6-20-22(11-16)34-28(32-20)44-26-9-5-19(14-38)42-26)37-27(39)24(36-30(37)40)13-18-4-8-25(41-18)43-29-33-21-7-3-17(31)12-23(21)35-29/h2-9,11-13,15,38H,10,14H2,1H3,(H,32,34)(H,33,35)(H,36,40)/b24-13-. The maximum absolute atomic E-state index is 13.2. The largest absolute Gasteiger partial charge is 0.452 e. The van der Waals surface area contributed by atoms with Gasteiger partial charge in [0.1, 0.15) is 23.8 Å². The first-order valence-corrected chi connectivity index (χ1v) is 15.5. The zero-order chi connectivity index (χ0) is 30.4. The average molecular weight is 647 g/mol. The van der Waals surface area contributed by atoms with Gasteiger partial charge in [-0.15, -0.1) is 0 Å². The van der Waals surface area contributed by atoms with Crippen molar-refractivity contribution in [3.63, 3.8) is 0 Å². The van der Waals surface area contributed by atoms with E-state index in [4.69, 9.17) is 20.4 Å². The lowest BCUT2D eigenvalue weighted by atomic mass is 10.1. The van der Waals surface area contributed by atoms with Crippen molar-refractivity contribution in [2.75, 3.05) is 0 Å². The smallest absolute Gasteiger partial charge is 0.329 e. The van der Waals surface area contributed by atoms with Crippen LogP contribution >= 0.6 is 35.1 Å². The predicted molar refractivity (Wildman–Crippen MR) is 165 cm³/mol. The number of amides is 3. The highest BCUT2D eigenvalue weighted by Crippen LogP contribution is 2.32. The molecule has 6 aromatic rings. The minimum absolute atomic E-state index is 0.138. The Morgan fingerprint density at radius 3 is 2.34 bits per heavy atom. The number of aromatic amines is 2. The zero-order valence-corrected chi connectivity index (χ0v) is 25.3. The number of fused-ring (bicyclic) bond motifs is 2. The molecule has 1 saturated heterocycles. The lowest BCUT2D eigenvalue weighted by molar-refractivity contribution is -0.124. The minimum atomic E-state index is -0.488. The van der Waals surface area contributed by atoms with E-state index in [0.29, 0.717) is 43.5 Å². The van der Waals surface area contributed by atoms with Gasteiger partial charge < -0.3 is 29.2 Å². The molecular formula is C30H23ClN6O5S2. The third kappa shape index (κ3) is 5.74. The number of carbonyl (C=O) groups excluding carboxylic acids is 2. The van der Waals surface area contributed by atoms with Gasteiger partial charge in [0, 0.05) is 17.1 Å². The van der Waals surface area contributed by atoms with Crippen LogP contribution in [0.25, 0.3) is 28.1 Å². The van der Waals surface area contributed by atoms with Gasteiger partial charge in [-0.2, -0.15) is 0 Å². The molecule has 0 aliphatic carbocycles. The molecule has 2 aromatic carbocycles. The van der Waals surface area contributed by atoms with E-state index in [-0.39, 0.29) is 12.3 Å². The molecule has 14 heteroatoms. The number of imidazole rings is 2. The summed E-state index contributed by atoms with van der Waals surface area (Å²) in [7, 11) is 0. The molecule has 5 heterocycles. The van der Waals surface area contributed by atoms with E-state index in [0.717, 1.165) is 27.6 Å². The molecule has 11 nitrogen and oxygen atoms in total. The Kier molecular flexibility index (Phi) is 7.46. The molecule has 1 fully saturated rings. The third-order valence-corrected chi connectivity index (χ3v) is 8.75. The van der Waals surface area contributed by atoms with E-state index in [1.165, 1.54) is 34.5 Å². The van der Waals surface area contributed by atoms with Crippen molar-refractivity contribution in [3.8, 4) is 0 Å². The van der Waals surface area contributed by atoms with E-state index < -0.39 is 18.0 Å². The van der Waals surface area contributed by atoms with Crippen molar-refractivity contribution in [2.24, 2.45) is 0 Å². The molecule has 44 heavy (non-hydrogen) atoms. The Labute approximate surface area is 263 Å². The van der Waals surface area contributed by atoms with E-state index in [1.54, 1.807) is 36.4 Å². The van der Waals surface area contributed by atoms with E-state index >= 15 is 0 Å². The summed E-state index contributed by atoms with van der Waals surface area (Å²) in [6.45, 7) is 1.66. The van der Waals surface area contributed by atoms with Gasteiger partial charge in [-0.3, -0.25) is 9.69 Å². The fraction of sp³-hybridized carbons (Fsp3) is 0.133. The number of rotatable bonds is 9. The number of aliphatic hydroxyl groups is 1. The first-order chi connectivity index (χ1) is 21.3. The fourth-order valence-corrected chi connectivity index (χ4v) is 6.62. The average Bonchev–Trinajstić information content (AvgIpc) is 3.81. The highest BCUT2D eigenvalue weighted by molar-refractivity contribution is 7.99. The first-order valence-electron chi connectivity index (χ1n) is 13.5. The number of imide groups is 1. The summed E-state index contributed by atoms with van der Waals surface area (Å²) in [5.41, 5.74) is 4.28. The Balaban J connectivity index is 1.01. The van der Waals surface area contributed by atoms with Crippen LogP contribution in [0.2, 0.25) is 5.02 Å². The summed E-state index contributed by atoms with van der Waals surface area (Å²) in [4.78, 5) is 42.9. The van der Waals surface area contributed by atoms with E-state index in [1.807, 2.05) is 31.2 Å². The summed E-state index contributed by atoms with van der Waals surface area (Å²) in [6, 6.07) is 17.3. The maximum Gasteiger partial charge on any atom is 0.329 e. The van der Waals surface area contributed by atoms with Gasteiger partial charge in [-0.1, -0.05) is 17.7 Å². The van der Waals surface area contributed by atoms with Crippen LogP contribution in [0.4, 0.5) is 4.79 Å². The van der Waals surface area contributed by atoms with Gasteiger partial charge in [0.25, 0.3) is 5.91 Å². The number of nitrogens with zero attached hydrogens (tertiary/aromatic N) is 3. The number of nitrogens with one attached hydrogen (secondary N) is 3. The van der Waals surface area contributed by atoms with Gasteiger partial charge in [0.2, 0.25) is 0 Å². The van der Waals surface area contributed by atoms with Crippen LogP contribution in [-0.2, 0) is 17.8 Å². The second kappa shape index (κ2) is 11.6. The fourth-order valence-electron chi connectivity index (χ4n) is 4.89. The second-order valence-electron chi connectivity index (χ2n) is 10.1. The molecule has 0 bridgehead atoms. The highest BCUT2D eigenvalue weighted by Gasteiger charge is 2.37. The van der Waals surface area contributed by atoms with Crippen LogP contribution in [-0.4, -0.2) is 47.9 Å². The lowest BCUT2D eigenvalue weighted by Crippen LogP contribution is -2.39. The second-order valence-corrected chi connectivity index (χ2v) is 12.5. The van der Waals surface area contributed by atoms with Crippen LogP contribution in [0.5, 0.6) is 0 Å². The topological polar surface area (TPSA) is 153 Å². The number of H-pyrrole nitrogens is 2. The van der Waals surface area contributed by atoms with Crippen LogP contribution in [0, 0.1) is 0 Å². The van der Waals surface area contributed by atoms with Crippen molar-refractivity contribution in [2.45, 2.75) is 46.5 Å². The minimum Gasteiger partial charge on any atom is -0.452 e. The van der Waals surface area contributed by atoms with Crippen molar-refractivity contribution in [1.82, 2.24) is 30.2 Å². The van der Waals surface area contributed by atoms with Crippen molar-refractivity contribution in [1.29, 1.82) is 0 Å². The molecule has 0 radical (unpaired) electrons. The normalized spacial score (nSPS) is 15.2. The zero-order valence-electron chi connectivity index (χ0n) is 23.0. The molecular weight excluding hydrogens is 624 g/mol. The molecule has 4 N–H and O–H groups in total. The number of halogens is 1. The molecule has 222 valence electrons. The summed E-state index contributed by atoms with van der Waals surface area (Å²) in [5.74, 6) is 0.478. The molecule has 1 unspecified atom stereocenters. The van der Waals surface area contributed by atoms with Crippen molar-refractivity contribution in [3.05, 3.63) is 88.5 Å². The Morgan fingerprint density at radius 1 is 0.932 bits per heavy atom. The number of aliphatic hydroxyl groups excluding tert-OH is 1. The quantitative estimate of drug-likeness (QED) is 0.101. The number of hydrogen-bond acceptors (Lipinski definition) is 9. The van der Waals surface area contributed by atoms with Crippen molar-refractivity contribution < 1.29 is 23.5 Å². The highest BCUT2D eigenvalue weighted by atomic mass is 35.5. The summed E-state index contributed by atoms with van der Waals surface area (Å²) in [5, 5.41) is 15.0.